The molecule has 4 rings (SSSR count). The molecule has 2 N–H and O–H groups in total. The second-order valence-electron chi connectivity index (χ2n) is 7.03. The molecule has 4 aromatic rings. The SMILES string of the molecule is Cc1cc(C#N)cc(C)c1Nc1nc(Nc2ccc(C#N)cc2)nc2c(C)csc12. The molecule has 0 saturated heterocycles. The van der Waals surface area contributed by atoms with Gasteiger partial charge in [-0.2, -0.15) is 15.5 Å². The van der Waals surface area contributed by atoms with Crippen molar-refractivity contribution in [1.29, 1.82) is 10.5 Å². The molecule has 146 valence electrons. The maximum absolute atomic E-state index is 9.21. The Bertz CT molecular complexity index is 1320. The Balaban J connectivity index is 1.76. The minimum absolute atomic E-state index is 0.472. The minimum atomic E-state index is 0.472. The van der Waals surface area contributed by atoms with Crippen molar-refractivity contribution in [1.82, 2.24) is 9.97 Å². The van der Waals surface area contributed by atoms with Crippen LogP contribution in [0, 0.1) is 43.4 Å². The molecule has 0 bridgehead atoms. The fourth-order valence-electron chi connectivity index (χ4n) is 3.27. The van der Waals surface area contributed by atoms with Crippen LogP contribution in [0.3, 0.4) is 0 Å². The van der Waals surface area contributed by atoms with Gasteiger partial charge in [-0.1, -0.05) is 0 Å². The van der Waals surface area contributed by atoms with Crippen molar-refractivity contribution >= 4 is 44.7 Å². The standard InChI is InChI=1S/C23H18N6S/c1-13-8-17(11-25)9-14(2)19(13)27-22-21-20(15(3)12-30-21)28-23(29-22)26-18-6-4-16(10-24)5-7-18/h4-9,12H,1-3H3,(H2,26,27,28,29). The summed E-state index contributed by atoms with van der Waals surface area (Å²) in [4.78, 5) is 9.41. The second kappa shape index (κ2) is 7.82. The first-order chi connectivity index (χ1) is 14.5. The smallest absolute Gasteiger partial charge is 0.229 e. The highest BCUT2D eigenvalue weighted by atomic mass is 32.1. The van der Waals surface area contributed by atoms with Crippen molar-refractivity contribution < 1.29 is 0 Å². The number of thiophene rings is 1. The van der Waals surface area contributed by atoms with Gasteiger partial charge in [0.15, 0.2) is 5.82 Å². The zero-order chi connectivity index (χ0) is 21.3. The minimum Gasteiger partial charge on any atom is -0.338 e. The summed E-state index contributed by atoms with van der Waals surface area (Å²) in [7, 11) is 0. The van der Waals surface area contributed by atoms with Crippen LogP contribution in [0.2, 0.25) is 0 Å². The van der Waals surface area contributed by atoms with Gasteiger partial charge in [0.05, 0.1) is 33.5 Å². The number of nitrogens with zero attached hydrogens (tertiary/aromatic N) is 4. The van der Waals surface area contributed by atoms with Gasteiger partial charge < -0.3 is 10.6 Å². The van der Waals surface area contributed by atoms with Gasteiger partial charge in [0.1, 0.15) is 0 Å². The number of hydrogen-bond acceptors (Lipinski definition) is 7. The predicted molar refractivity (Wildman–Crippen MR) is 121 cm³/mol. The van der Waals surface area contributed by atoms with Crippen LogP contribution in [0.5, 0.6) is 0 Å². The number of benzene rings is 2. The molecule has 7 heteroatoms. The molecule has 0 unspecified atom stereocenters. The second-order valence-corrected chi connectivity index (χ2v) is 7.91. The van der Waals surface area contributed by atoms with E-state index in [1.165, 1.54) is 0 Å². The van der Waals surface area contributed by atoms with E-state index in [1.807, 2.05) is 45.0 Å². The summed E-state index contributed by atoms with van der Waals surface area (Å²) in [5.41, 5.74) is 6.90. The quantitative estimate of drug-likeness (QED) is 0.438. The molecule has 0 radical (unpaired) electrons. The number of rotatable bonds is 4. The van der Waals surface area contributed by atoms with Crippen LogP contribution in [-0.4, -0.2) is 9.97 Å². The first-order valence-corrected chi connectivity index (χ1v) is 10.2. The average molecular weight is 411 g/mol. The molecular weight excluding hydrogens is 392 g/mol. The zero-order valence-electron chi connectivity index (χ0n) is 16.7. The van der Waals surface area contributed by atoms with Crippen LogP contribution in [0.15, 0.2) is 41.8 Å². The molecule has 0 spiro atoms. The first-order valence-electron chi connectivity index (χ1n) is 9.30. The van der Waals surface area contributed by atoms with Gasteiger partial charge in [-0.05, 0) is 79.2 Å². The number of fused-ring (bicyclic) bond motifs is 1. The number of hydrogen-bond donors (Lipinski definition) is 2. The molecule has 0 atom stereocenters. The third kappa shape index (κ3) is 3.67. The summed E-state index contributed by atoms with van der Waals surface area (Å²) in [6, 6.07) is 15.2. The van der Waals surface area contributed by atoms with Crippen molar-refractivity contribution in [2.24, 2.45) is 0 Å². The van der Waals surface area contributed by atoms with E-state index >= 15 is 0 Å². The lowest BCUT2D eigenvalue weighted by atomic mass is 10.0. The Morgan fingerprint density at radius 3 is 2.13 bits per heavy atom. The summed E-state index contributed by atoms with van der Waals surface area (Å²) in [6.07, 6.45) is 0. The summed E-state index contributed by atoms with van der Waals surface area (Å²) in [5, 5.41) is 26.9. The van der Waals surface area contributed by atoms with Crippen LogP contribution < -0.4 is 10.6 Å². The summed E-state index contributed by atoms with van der Waals surface area (Å²) in [6.45, 7) is 5.98. The molecular formula is C23H18N6S. The predicted octanol–water partition coefficient (Wildman–Crippen LogP) is 5.85. The van der Waals surface area contributed by atoms with Crippen molar-refractivity contribution in [3.05, 3.63) is 69.6 Å². The Morgan fingerprint density at radius 2 is 1.50 bits per heavy atom. The van der Waals surface area contributed by atoms with Crippen molar-refractivity contribution in [2.75, 3.05) is 10.6 Å². The molecule has 0 amide bonds. The van der Waals surface area contributed by atoms with Crippen LogP contribution in [-0.2, 0) is 0 Å². The van der Waals surface area contributed by atoms with Gasteiger partial charge in [0.2, 0.25) is 5.95 Å². The van der Waals surface area contributed by atoms with Gasteiger partial charge >= 0.3 is 0 Å². The lowest BCUT2D eigenvalue weighted by Gasteiger charge is -2.14. The molecule has 2 aromatic carbocycles. The van der Waals surface area contributed by atoms with Crippen LogP contribution in [0.4, 0.5) is 23.1 Å². The van der Waals surface area contributed by atoms with Gasteiger partial charge in [0.25, 0.3) is 0 Å². The Labute approximate surface area is 178 Å². The highest BCUT2D eigenvalue weighted by Crippen LogP contribution is 2.34. The normalized spacial score (nSPS) is 10.4. The molecule has 0 aliphatic rings. The molecule has 2 heterocycles. The van der Waals surface area contributed by atoms with E-state index in [0.29, 0.717) is 22.9 Å². The maximum atomic E-state index is 9.21. The third-order valence-electron chi connectivity index (χ3n) is 4.77. The summed E-state index contributed by atoms with van der Waals surface area (Å²) >= 11 is 1.60. The van der Waals surface area contributed by atoms with E-state index < -0.39 is 0 Å². The van der Waals surface area contributed by atoms with Crippen LogP contribution >= 0.6 is 11.3 Å². The first kappa shape index (κ1) is 19.4. The lowest BCUT2D eigenvalue weighted by Crippen LogP contribution is -2.03. The number of anilines is 4. The van der Waals surface area contributed by atoms with E-state index in [0.717, 1.165) is 38.3 Å². The highest BCUT2D eigenvalue weighted by molar-refractivity contribution is 7.18. The molecule has 0 saturated carbocycles. The molecule has 6 nitrogen and oxygen atoms in total. The summed E-state index contributed by atoms with van der Waals surface area (Å²) in [5.74, 6) is 1.19. The third-order valence-corrected chi connectivity index (χ3v) is 5.86. The van der Waals surface area contributed by atoms with Gasteiger partial charge in [-0.3, -0.25) is 0 Å². The summed E-state index contributed by atoms with van der Waals surface area (Å²) < 4.78 is 0.973. The van der Waals surface area contributed by atoms with E-state index in [-0.39, 0.29) is 0 Å². The molecule has 0 fully saturated rings. The van der Waals surface area contributed by atoms with Gasteiger partial charge in [0, 0.05) is 11.4 Å². The topological polar surface area (TPSA) is 97.4 Å². The van der Waals surface area contributed by atoms with E-state index in [4.69, 9.17) is 10.2 Å². The molecule has 30 heavy (non-hydrogen) atoms. The Morgan fingerprint density at radius 1 is 0.833 bits per heavy atom. The highest BCUT2D eigenvalue weighted by Gasteiger charge is 2.14. The number of nitriles is 2. The average Bonchev–Trinajstić information content (AvgIpc) is 3.12. The van der Waals surface area contributed by atoms with Gasteiger partial charge in [-0.15, -0.1) is 11.3 Å². The maximum Gasteiger partial charge on any atom is 0.229 e. The monoisotopic (exact) mass is 410 g/mol. The molecule has 2 aromatic heterocycles. The Kier molecular flexibility index (Phi) is 5.05. The van der Waals surface area contributed by atoms with Gasteiger partial charge in [-0.25, -0.2) is 4.98 Å². The van der Waals surface area contributed by atoms with Crippen LogP contribution in [0.1, 0.15) is 27.8 Å². The van der Waals surface area contributed by atoms with E-state index in [2.05, 4.69) is 33.1 Å². The molecule has 0 aliphatic carbocycles. The fourth-order valence-corrected chi connectivity index (χ4v) is 4.21. The fraction of sp³-hybridized carbons (Fsp3) is 0.130. The lowest BCUT2D eigenvalue weighted by molar-refractivity contribution is 1.20. The zero-order valence-corrected chi connectivity index (χ0v) is 17.6. The number of aromatic nitrogens is 2. The molecule has 0 aliphatic heterocycles. The van der Waals surface area contributed by atoms with E-state index in [1.54, 1.807) is 23.5 Å². The van der Waals surface area contributed by atoms with Crippen molar-refractivity contribution in [3.8, 4) is 12.1 Å². The number of aryl methyl sites for hydroxylation is 3. The van der Waals surface area contributed by atoms with E-state index in [9.17, 15) is 5.26 Å². The van der Waals surface area contributed by atoms with Crippen LogP contribution in [0.25, 0.3) is 10.2 Å². The number of nitrogens with one attached hydrogen (secondary N) is 2. The largest absolute Gasteiger partial charge is 0.338 e. The Hall–Kier alpha value is -3.94. The van der Waals surface area contributed by atoms with Crippen molar-refractivity contribution in [3.63, 3.8) is 0 Å². The van der Waals surface area contributed by atoms with Crippen molar-refractivity contribution in [2.45, 2.75) is 20.8 Å².